The number of nitro benzene ring substituents is 1. The maximum absolute atomic E-state index is 10.7. The molecule has 0 spiro atoms. The zero-order chi connectivity index (χ0) is 13.0. The van der Waals surface area contributed by atoms with Crippen molar-refractivity contribution in [2.75, 3.05) is 6.54 Å². The van der Waals surface area contributed by atoms with Gasteiger partial charge in [0.05, 0.1) is 10.6 Å². The highest BCUT2D eigenvalue weighted by Crippen LogP contribution is 2.23. The first-order valence-electron chi connectivity index (χ1n) is 5.60. The van der Waals surface area contributed by atoms with Crippen LogP contribution < -0.4 is 5.32 Å². The highest BCUT2D eigenvalue weighted by Gasteiger charge is 2.11. The van der Waals surface area contributed by atoms with Crippen molar-refractivity contribution in [1.29, 1.82) is 0 Å². The molecular weight excluding hydrogens is 234 g/mol. The molecule has 1 N–H and O–H groups in total. The first kappa shape index (κ1) is 12.3. The standard InChI is InChI=1S/C12H13N3O3/c1-2-13-7-10-8-18-12(14-10)9-4-3-5-11(6-9)15(16)17/h3-6,8,13H,2,7H2,1H3. The van der Waals surface area contributed by atoms with Crippen LogP contribution in [0.15, 0.2) is 34.9 Å². The van der Waals surface area contributed by atoms with Gasteiger partial charge in [-0.25, -0.2) is 4.98 Å². The molecule has 0 amide bonds. The third-order valence-electron chi connectivity index (χ3n) is 2.41. The summed E-state index contributed by atoms with van der Waals surface area (Å²) >= 11 is 0. The Labute approximate surface area is 104 Å². The molecule has 0 saturated carbocycles. The van der Waals surface area contributed by atoms with E-state index < -0.39 is 4.92 Å². The zero-order valence-electron chi connectivity index (χ0n) is 9.92. The second kappa shape index (κ2) is 5.42. The van der Waals surface area contributed by atoms with Crippen molar-refractivity contribution in [2.24, 2.45) is 0 Å². The van der Waals surface area contributed by atoms with Crippen molar-refractivity contribution in [3.05, 3.63) is 46.3 Å². The molecule has 6 nitrogen and oxygen atoms in total. The van der Waals surface area contributed by atoms with Gasteiger partial charge in [0.2, 0.25) is 5.89 Å². The van der Waals surface area contributed by atoms with Gasteiger partial charge in [0, 0.05) is 24.2 Å². The fraction of sp³-hybridized carbons (Fsp3) is 0.250. The van der Waals surface area contributed by atoms with E-state index in [0.717, 1.165) is 12.2 Å². The summed E-state index contributed by atoms with van der Waals surface area (Å²) in [5, 5.41) is 13.8. The van der Waals surface area contributed by atoms with Crippen molar-refractivity contribution in [3.63, 3.8) is 0 Å². The van der Waals surface area contributed by atoms with Gasteiger partial charge in [-0.2, -0.15) is 0 Å². The summed E-state index contributed by atoms with van der Waals surface area (Å²) in [6.45, 7) is 3.47. The summed E-state index contributed by atoms with van der Waals surface area (Å²) < 4.78 is 5.31. The molecule has 18 heavy (non-hydrogen) atoms. The number of aromatic nitrogens is 1. The minimum atomic E-state index is -0.439. The highest BCUT2D eigenvalue weighted by molar-refractivity contribution is 5.57. The number of nitro groups is 1. The van der Waals surface area contributed by atoms with E-state index in [-0.39, 0.29) is 5.69 Å². The molecule has 2 rings (SSSR count). The smallest absolute Gasteiger partial charge is 0.270 e. The molecular formula is C12H13N3O3. The molecule has 1 aromatic carbocycles. The van der Waals surface area contributed by atoms with Crippen LogP contribution in [0.3, 0.4) is 0 Å². The van der Waals surface area contributed by atoms with Crippen LogP contribution in [0.5, 0.6) is 0 Å². The lowest BCUT2D eigenvalue weighted by Crippen LogP contribution is -2.11. The predicted octanol–water partition coefficient (Wildman–Crippen LogP) is 2.36. The number of nitrogens with one attached hydrogen (secondary N) is 1. The largest absolute Gasteiger partial charge is 0.444 e. The number of benzene rings is 1. The van der Waals surface area contributed by atoms with Gasteiger partial charge in [-0.15, -0.1) is 0 Å². The first-order chi connectivity index (χ1) is 8.70. The number of rotatable bonds is 5. The summed E-state index contributed by atoms with van der Waals surface area (Å²) in [4.78, 5) is 14.5. The summed E-state index contributed by atoms with van der Waals surface area (Å²) in [6.07, 6.45) is 1.55. The molecule has 94 valence electrons. The van der Waals surface area contributed by atoms with Crippen molar-refractivity contribution in [3.8, 4) is 11.5 Å². The van der Waals surface area contributed by atoms with Crippen molar-refractivity contribution in [2.45, 2.75) is 13.5 Å². The quantitative estimate of drug-likeness (QED) is 0.648. The number of hydrogen-bond acceptors (Lipinski definition) is 5. The lowest BCUT2D eigenvalue weighted by molar-refractivity contribution is -0.384. The van der Waals surface area contributed by atoms with Gasteiger partial charge in [-0.1, -0.05) is 13.0 Å². The Morgan fingerprint density at radius 1 is 1.50 bits per heavy atom. The van der Waals surface area contributed by atoms with E-state index in [2.05, 4.69) is 10.3 Å². The molecule has 0 radical (unpaired) electrons. The van der Waals surface area contributed by atoms with Crippen molar-refractivity contribution < 1.29 is 9.34 Å². The van der Waals surface area contributed by atoms with Crippen LogP contribution in [-0.4, -0.2) is 16.5 Å². The maximum atomic E-state index is 10.7. The summed E-state index contributed by atoms with van der Waals surface area (Å²) in [5.41, 5.74) is 1.41. The van der Waals surface area contributed by atoms with Crippen LogP contribution >= 0.6 is 0 Å². The molecule has 1 aromatic heterocycles. The van der Waals surface area contributed by atoms with Gasteiger partial charge in [0.15, 0.2) is 0 Å². The van der Waals surface area contributed by atoms with Gasteiger partial charge < -0.3 is 9.73 Å². The average Bonchev–Trinajstić information content (AvgIpc) is 2.85. The topological polar surface area (TPSA) is 81.2 Å². The zero-order valence-corrected chi connectivity index (χ0v) is 9.92. The van der Waals surface area contributed by atoms with Gasteiger partial charge in [-0.3, -0.25) is 10.1 Å². The Balaban J connectivity index is 2.23. The van der Waals surface area contributed by atoms with E-state index in [1.54, 1.807) is 18.4 Å². The molecule has 1 heterocycles. The monoisotopic (exact) mass is 247 g/mol. The number of hydrogen-bond donors (Lipinski definition) is 1. The van der Waals surface area contributed by atoms with Crippen LogP contribution in [0.25, 0.3) is 11.5 Å². The molecule has 0 aliphatic rings. The fourth-order valence-corrected chi connectivity index (χ4v) is 1.53. The van der Waals surface area contributed by atoms with Crippen LogP contribution in [0, 0.1) is 10.1 Å². The van der Waals surface area contributed by atoms with E-state index in [1.807, 2.05) is 6.92 Å². The molecule has 0 saturated heterocycles. The number of non-ortho nitro benzene ring substituents is 1. The Kier molecular flexibility index (Phi) is 3.69. The van der Waals surface area contributed by atoms with Gasteiger partial charge in [0.1, 0.15) is 6.26 Å². The van der Waals surface area contributed by atoms with Crippen LogP contribution in [0.1, 0.15) is 12.6 Å². The SMILES string of the molecule is CCNCc1coc(-c2cccc([N+](=O)[O-])c2)n1. The lowest BCUT2D eigenvalue weighted by atomic mass is 10.2. The summed E-state index contributed by atoms with van der Waals surface area (Å²) in [7, 11) is 0. The van der Waals surface area contributed by atoms with Crippen molar-refractivity contribution in [1.82, 2.24) is 10.3 Å². The third-order valence-corrected chi connectivity index (χ3v) is 2.41. The van der Waals surface area contributed by atoms with E-state index in [0.29, 0.717) is 18.0 Å². The van der Waals surface area contributed by atoms with Gasteiger partial charge in [0.25, 0.3) is 5.69 Å². The molecule has 0 unspecified atom stereocenters. The first-order valence-corrected chi connectivity index (χ1v) is 5.60. The van der Waals surface area contributed by atoms with Crippen molar-refractivity contribution >= 4 is 5.69 Å². The van der Waals surface area contributed by atoms with Crippen LogP contribution in [0.2, 0.25) is 0 Å². The Morgan fingerprint density at radius 2 is 2.33 bits per heavy atom. The van der Waals surface area contributed by atoms with E-state index in [9.17, 15) is 10.1 Å². The highest BCUT2D eigenvalue weighted by atomic mass is 16.6. The Bertz CT molecular complexity index is 551. The molecule has 0 aliphatic heterocycles. The second-order valence-corrected chi connectivity index (χ2v) is 3.73. The van der Waals surface area contributed by atoms with E-state index in [1.165, 1.54) is 12.1 Å². The second-order valence-electron chi connectivity index (χ2n) is 3.73. The molecule has 0 fully saturated rings. The van der Waals surface area contributed by atoms with Crippen LogP contribution in [0.4, 0.5) is 5.69 Å². The van der Waals surface area contributed by atoms with E-state index in [4.69, 9.17) is 4.42 Å². The molecule has 6 heteroatoms. The number of oxazole rings is 1. The molecule has 2 aromatic rings. The van der Waals surface area contributed by atoms with Gasteiger partial charge >= 0.3 is 0 Å². The van der Waals surface area contributed by atoms with E-state index >= 15 is 0 Å². The third kappa shape index (κ3) is 2.72. The normalized spacial score (nSPS) is 10.5. The molecule has 0 atom stereocenters. The lowest BCUT2D eigenvalue weighted by Gasteiger charge is -1.96. The Morgan fingerprint density at radius 3 is 3.06 bits per heavy atom. The molecule has 0 bridgehead atoms. The predicted molar refractivity (Wildman–Crippen MR) is 66.0 cm³/mol. The van der Waals surface area contributed by atoms with Gasteiger partial charge in [-0.05, 0) is 12.6 Å². The Hall–Kier alpha value is -2.21. The molecule has 0 aliphatic carbocycles. The minimum absolute atomic E-state index is 0.0268. The fourth-order valence-electron chi connectivity index (χ4n) is 1.53. The summed E-state index contributed by atoms with van der Waals surface area (Å²) in [5.74, 6) is 0.395. The number of nitrogens with zero attached hydrogens (tertiary/aromatic N) is 2. The summed E-state index contributed by atoms with van der Waals surface area (Å²) in [6, 6.07) is 6.23. The average molecular weight is 247 g/mol. The minimum Gasteiger partial charge on any atom is -0.444 e. The van der Waals surface area contributed by atoms with Crippen LogP contribution in [-0.2, 0) is 6.54 Å². The maximum Gasteiger partial charge on any atom is 0.270 e.